The summed E-state index contributed by atoms with van der Waals surface area (Å²) in [6.45, 7) is 0.242. The molecule has 1 aliphatic rings. The fraction of sp³-hybridized carbons (Fsp3) is 0.0714. The van der Waals surface area contributed by atoms with Crippen molar-refractivity contribution in [2.75, 3.05) is 12.5 Å². The molecule has 0 amide bonds. The van der Waals surface area contributed by atoms with Crippen molar-refractivity contribution < 1.29 is 9.47 Å². The van der Waals surface area contributed by atoms with Gasteiger partial charge in [0.2, 0.25) is 6.79 Å². The van der Waals surface area contributed by atoms with E-state index in [2.05, 4.69) is 4.99 Å². The molecule has 0 spiro atoms. The van der Waals surface area contributed by atoms with Crippen LogP contribution in [0.2, 0.25) is 10.0 Å². The molecule has 0 unspecified atom stereocenters. The Morgan fingerprint density at radius 1 is 1.05 bits per heavy atom. The van der Waals surface area contributed by atoms with Gasteiger partial charge in [0.25, 0.3) is 0 Å². The van der Waals surface area contributed by atoms with Crippen LogP contribution in [0.5, 0.6) is 11.5 Å². The van der Waals surface area contributed by atoms with E-state index in [0.29, 0.717) is 27.2 Å². The van der Waals surface area contributed by atoms with Crippen LogP contribution in [0.15, 0.2) is 35.3 Å². The number of aliphatic imine (C=N–C) groups is 1. The topological polar surface area (TPSA) is 56.8 Å². The van der Waals surface area contributed by atoms with Gasteiger partial charge >= 0.3 is 0 Å². The van der Waals surface area contributed by atoms with E-state index in [-0.39, 0.29) is 6.79 Å². The van der Waals surface area contributed by atoms with Gasteiger partial charge in [-0.2, -0.15) is 0 Å². The number of ether oxygens (including phenoxy) is 2. The summed E-state index contributed by atoms with van der Waals surface area (Å²) >= 11 is 12.1. The van der Waals surface area contributed by atoms with E-state index < -0.39 is 0 Å². The number of fused-ring (bicyclic) bond motifs is 1. The highest BCUT2D eigenvalue weighted by Crippen LogP contribution is 2.36. The van der Waals surface area contributed by atoms with Crippen molar-refractivity contribution in [1.29, 1.82) is 0 Å². The molecule has 0 radical (unpaired) electrons. The number of nitrogens with zero attached hydrogens (tertiary/aromatic N) is 1. The fourth-order valence-corrected chi connectivity index (χ4v) is 2.44. The Morgan fingerprint density at radius 3 is 2.50 bits per heavy atom. The van der Waals surface area contributed by atoms with Crippen molar-refractivity contribution in [3.05, 3.63) is 45.9 Å². The lowest BCUT2D eigenvalue weighted by Gasteiger charge is -2.03. The SMILES string of the molecule is Nc1cc(Cl)c(N=Cc2ccc3c(c2)OCO3)c(Cl)c1. The number of benzene rings is 2. The van der Waals surface area contributed by atoms with Crippen LogP contribution >= 0.6 is 23.2 Å². The number of rotatable bonds is 2. The Hall–Kier alpha value is -1.91. The number of nitrogens with two attached hydrogens (primary N) is 1. The quantitative estimate of drug-likeness (QED) is 0.672. The van der Waals surface area contributed by atoms with Crippen LogP contribution in [0.25, 0.3) is 0 Å². The second kappa shape index (κ2) is 5.23. The van der Waals surface area contributed by atoms with Gasteiger partial charge < -0.3 is 15.2 Å². The van der Waals surface area contributed by atoms with E-state index in [4.69, 9.17) is 38.4 Å². The fourth-order valence-electron chi connectivity index (χ4n) is 1.84. The first-order valence-corrected chi connectivity index (χ1v) is 6.57. The van der Waals surface area contributed by atoms with Crippen LogP contribution in [0.3, 0.4) is 0 Å². The maximum Gasteiger partial charge on any atom is 0.231 e. The van der Waals surface area contributed by atoms with Gasteiger partial charge in [0.15, 0.2) is 11.5 Å². The van der Waals surface area contributed by atoms with Crippen molar-refractivity contribution in [2.24, 2.45) is 4.99 Å². The Balaban J connectivity index is 1.91. The first-order chi connectivity index (χ1) is 9.63. The second-order valence-corrected chi connectivity index (χ2v) is 5.02. The van der Waals surface area contributed by atoms with Gasteiger partial charge in [-0.25, -0.2) is 0 Å². The predicted molar refractivity (Wildman–Crippen MR) is 80.7 cm³/mol. The molecule has 2 aromatic carbocycles. The molecule has 2 N–H and O–H groups in total. The van der Waals surface area contributed by atoms with Crippen LogP contribution in [-0.4, -0.2) is 13.0 Å². The summed E-state index contributed by atoms with van der Waals surface area (Å²) in [6.07, 6.45) is 1.66. The first-order valence-electron chi connectivity index (χ1n) is 5.82. The summed E-state index contributed by atoms with van der Waals surface area (Å²) < 4.78 is 10.5. The summed E-state index contributed by atoms with van der Waals surface area (Å²) in [5, 5.41) is 0.819. The molecule has 3 rings (SSSR count). The molecule has 1 heterocycles. The van der Waals surface area contributed by atoms with Crippen molar-refractivity contribution >= 4 is 40.8 Å². The molecule has 20 heavy (non-hydrogen) atoms. The number of halogens is 2. The molecule has 4 nitrogen and oxygen atoms in total. The largest absolute Gasteiger partial charge is 0.454 e. The summed E-state index contributed by atoms with van der Waals surface area (Å²) in [4.78, 5) is 4.30. The van der Waals surface area contributed by atoms with Crippen LogP contribution < -0.4 is 15.2 Å². The lowest BCUT2D eigenvalue weighted by atomic mass is 10.2. The second-order valence-electron chi connectivity index (χ2n) is 4.20. The molecule has 0 fully saturated rings. The van der Waals surface area contributed by atoms with Gasteiger partial charge in [0.05, 0.1) is 10.0 Å². The maximum absolute atomic E-state index is 6.07. The molecular formula is C14H10Cl2N2O2. The van der Waals surface area contributed by atoms with Gasteiger partial charge in [-0.3, -0.25) is 4.99 Å². The molecule has 0 aromatic heterocycles. The Bertz CT molecular complexity index is 679. The predicted octanol–water partition coefficient (Wildman–Crippen LogP) is 4.05. The Kier molecular flexibility index (Phi) is 3.42. The van der Waals surface area contributed by atoms with Crippen molar-refractivity contribution in [2.45, 2.75) is 0 Å². The van der Waals surface area contributed by atoms with Gasteiger partial charge in [0, 0.05) is 11.9 Å². The molecule has 1 aliphatic heterocycles. The number of nitrogen functional groups attached to an aromatic ring is 1. The molecule has 102 valence electrons. The van der Waals surface area contributed by atoms with Gasteiger partial charge in [-0.05, 0) is 35.9 Å². The number of anilines is 1. The third-order valence-electron chi connectivity index (χ3n) is 2.78. The zero-order chi connectivity index (χ0) is 14.1. The zero-order valence-corrected chi connectivity index (χ0v) is 11.8. The summed E-state index contributed by atoms with van der Waals surface area (Å²) in [5.74, 6) is 1.43. The first kappa shape index (κ1) is 13.1. The van der Waals surface area contributed by atoms with Gasteiger partial charge in [-0.1, -0.05) is 23.2 Å². The average molecular weight is 309 g/mol. The minimum atomic E-state index is 0.242. The average Bonchev–Trinajstić information content (AvgIpc) is 2.84. The Labute approximate surface area is 125 Å². The van der Waals surface area contributed by atoms with Crippen LogP contribution in [0, 0.1) is 0 Å². The van der Waals surface area contributed by atoms with Crippen LogP contribution in [-0.2, 0) is 0 Å². The third kappa shape index (κ3) is 2.53. The maximum atomic E-state index is 6.07. The summed E-state index contributed by atoms with van der Waals surface area (Å²) in [6, 6.07) is 8.76. The standard InChI is InChI=1S/C14H10Cl2N2O2/c15-10-4-9(17)5-11(16)14(10)18-6-8-1-2-12-13(3-8)20-7-19-12/h1-6H,7,17H2. The van der Waals surface area contributed by atoms with E-state index >= 15 is 0 Å². The Morgan fingerprint density at radius 2 is 1.75 bits per heavy atom. The highest BCUT2D eigenvalue weighted by Gasteiger charge is 2.12. The van der Waals surface area contributed by atoms with Crippen molar-refractivity contribution in [1.82, 2.24) is 0 Å². The smallest absolute Gasteiger partial charge is 0.231 e. The van der Waals surface area contributed by atoms with E-state index in [0.717, 1.165) is 11.3 Å². The third-order valence-corrected chi connectivity index (χ3v) is 3.35. The normalized spacial score (nSPS) is 13.1. The zero-order valence-electron chi connectivity index (χ0n) is 10.3. The molecule has 2 aromatic rings. The molecule has 6 heteroatoms. The minimum absolute atomic E-state index is 0.242. The molecule has 0 saturated heterocycles. The lowest BCUT2D eigenvalue weighted by molar-refractivity contribution is 0.174. The minimum Gasteiger partial charge on any atom is -0.454 e. The molecule has 0 bridgehead atoms. The van der Waals surface area contributed by atoms with Crippen molar-refractivity contribution in [3.63, 3.8) is 0 Å². The van der Waals surface area contributed by atoms with Crippen LogP contribution in [0.4, 0.5) is 11.4 Å². The monoisotopic (exact) mass is 308 g/mol. The van der Waals surface area contributed by atoms with E-state index in [1.54, 1.807) is 18.3 Å². The molecule has 0 atom stereocenters. The van der Waals surface area contributed by atoms with Gasteiger partial charge in [0.1, 0.15) is 5.69 Å². The molecular weight excluding hydrogens is 299 g/mol. The molecule has 0 aliphatic carbocycles. The van der Waals surface area contributed by atoms with E-state index in [9.17, 15) is 0 Å². The number of hydrogen-bond donors (Lipinski definition) is 1. The van der Waals surface area contributed by atoms with Crippen LogP contribution in [0.1, 0.15) is 5.56 Å². The van der Waals surface area contributed by atoms with Gasteiger partial charge in [-0.15, -0.1) is 0 Å². The lowest BCUT2D eigenvalue weighted by Crippen LogP contribution is -1.92. The van der Waals surface area contributed by atoms with E-state index in [1.807, 2.05) is 18.2 Å². The highest BCUT2D eigenvalue weighted by molar-refractivity contribution is 6.39. The number of hydrogen-bond acceptors (Lipinski definition) is 4. The summed E-state index contributed by atoms with van der Waals surface area (Å²) in [5.41, 5.74) is 7.49. The van der Waals surface area contributed by atoms with E-state index in [1.165, 1.54) is 0 Å². The van der Waals surface area contributed by atoms with Crippen molar-refractivity contribution in [3.8, 4) is 11.5 Å². The summed E-state index contributed by atoms with van der Waals surface area (Å²) in [7, 11) is 0. The highest BCUT2D eigenvalue weighted by atomic mass is 35.5. The molecule has 0 saturated carbocycles.